The number of aromatic nitrogens is 1. The van der Waals surface area contributed by atoms with Gasteiger partial charge in [-0.05, 0) is 17.7 Å². The maximum absolute atomic E-state index is 12.8. The first-order chi connectivity index (χ1) is 12.2. The predicted molar refractivity (Wildman–Crippen MR) is 95.7 cm³/mol. The molecule has 0 bridgehead atoms. The molecule has 1 aromatic carbocycles. The summed E-state index contributed by atoms with van der Waals surface area (Å²) < 4.78 is 11.0. The van der Waals surface area contributed by atoms with Crippen LogP contribution in [0.2, 0.25) is 0 Å². The standard InChI is InChI=1S/C19H23N3O3/c1-21(18-16(24-2)9-6-10-20-18)19(23)17-14-22(11-12-25-17)13-15-7-4-3-5-8-15/h3-10,17H,11-14H2,1-2H3/t17-/m1/s1. The Morgan fingerprint density at radius 3 is 2.88 bits per heavy atom. The number of ether oxygens (including phenoxy) is 2. The number of anilines is 1. The molecule has 0 radical (unpaired) electrons. The molecule has 2 aromatic rings. The second-order valence-electron chi connectivity index (χ2n) is 6.01. The molecule has 1 atom stereocenters. The van der Waals surface area contributed by atoms with E-state index in [1.54, 1.807) is 32.5 Å². The number of amides is 1. The molecule has 1 aromatic heterocycles. The summed E-state index contributed by atoms with van der Waals surface area (Å²) in [5, 5.41) is 0. The molecule has 0 aliphatic carbocycles. The van der Waals surface area contributed by atoms with Crippen molar-refractivity contribution in [3.05, 3.63) is 54.2 Å². The summed E-state index contributed by atoms with van der Waals surface area (Å²) in [6, 6.07) is 13.8. The molecule has 6 nitrogen and oxygen atoms in total. The maximum atomic E-state index is 12.8. The highest BCUT2D eigenvalue weighted by molar-refractivity contribution is 5.96. The van der Waals surface area contributed by atoms with Crippen LogP contribution in [-0.4, -0.2) is 55.7 Å². The van der Waals surface area contributed by atoms with Crippen LogP contribution in [0.1, 0.15) is 5.56 Å². The highest BCUT2D eigenvalue weighted by Gasteiger charge is 2.30. The van der Waals surface area contributed by atoms with Gasteiger partial charge in [0, 0.05) is 32.9 Å². The fourth-order valence-electron chi connectivity index (χ4n) is 2.95. The van der Waals surface area contributed by atoms with E-state index in [1.165, 1.54) is 10.5 Å². The molecule has 1 aliphatic rings. The van der Waals surface area contributed by atoms with Gasteiger partial charge >= 0.3 is 0 Å². The molecule has 0 saturated carbocycles. The molecule has 6 heteroatoms. The molecule has 0 N–H and O–H groups in total. The van der Waals surface area contributed by atoms with Gasteiger partial charge in [-0.15, -0.1) is 0 Å². The van der Waals surface area contributed by atoms with Crippen molar-refractivity contribution in [3.8, 4) is 5.75 Å². The van der Waals surface area contributed by atoms with E-state index in [2.05, 4.69) is 22.0 Å². The van der Waals surface area contributed by atoms with E-state index >= 15 is 0 Å². The van der Waals surface area contributed by atoms with Crippen molar-refractivity contribution in [2.24, 2.45) is 0 Å². The number of carbonyl (C=O) groups excluding carboxylic acids is 1. The minimum absolute atomic E-state index is 0.116. The molecule has 2 heterocycles. The molecule has 1 amide bonds. The lowest BCUT2D eigenvalue weighted by Gasteiger charge is -2.34. The van der Waals surface area contributed by atoms with E-state index in [9.17, 15) is 4.79 Å². The average Bonchev–Trinajstić information content (AvgIpc) is 2.68. The van der Waals surface area contributed by atoms with E-state index in [4.69, 9.17) is 9.47 Å². The normalized spacial score (nSPS) is 17.9. The largest absolute Gasteiger partial charge is 0.493 e. The van der Waals surface area contributed by atoms with Crippen molar-refractivity contribution in [2.45, 2.75) is 12.6 Å². The Morgan fingerprint density at radius 2 is 2.12 bits per heavy atom. The first-order valence-electron chi connectivity index (χ1n) is 8.33. The summed E-state index contributed by atoms with van der Waals surface area (Å²) in [6.07, 6.45) is 1.14. The van der Waals surface area contributed by atoms with Gasteiger partial charge in [0.25, 0.3) is 5.91 Å². The first-order valence-corrected chi connectivity index (χ1v) is 8.33. The number of likely N-dealkylation sites (N-methyl/N-ethyl adjacent to an activating group) is 1. The molecule has 1 saturated heterocycles. The minimum Gasteiger partial charge on any atom is -0.493 e. The summed E-state index contributed by atoms with van der Waals surface area (Å²) >= 11 is 0. The molecule has 1 aliphatic heterocycles. The molecule has 0 unspecified atom stereocenters. The molecular weight excluding hydrogens is 318 g/mol. The van der Waals surface area contributed by atoms with Gasteiger partial charge in [-0.2, -0.15) is 0 Å². The van der Waals surface area contributed by atoms with E-state index < -0.39 is 6.10 Å². The lowest BCUT2D eigenvalue weighted by molar-refractivity contribution is -0.135. The highest BCUT2D eigenvalue weighted by Crippen LogP contribution is 2.25. The third kappa shape index (κ3) is 4.15. The van der Waals surface area contributed by atoms with Crippen molar-refractivity contribution < 1.29 is 14.3 Å². The Morgan fingerprint density at radius 1 is 1.32 bits per heavy atom. The Hall–Kier alpha value is -2.44. The lowest BCUT2D eigenvalue weighted by atomic mass is 10.2. The number of morpholine rings is 1. The summed E-state index contributed by atoms with van der Waals surface area (Å²) in [4.78, 5) is 20.9. The average molecular weight is 341 g/mol. The predicted octanol–water partition coefficient (Wildman–Crippen LogP) is 1.95. The van der Waals surface area contributed by atoms with Crippen LogP contribution in [0.3, 0.4) is 0 Å². The van der Waals surface area contributed by atoms with Crippen LogP contribution in [0.25, 0.3) is 0 Å². The van der Waals surface area contributed by atoms with Gasteiger partial charge in [0.15, 0.2) is 11.6 Å². The van der Waals surface area contributed by atoms with E-state index in [1.807, 2.05) is 18.2 Å². The van der Waals surface area contributed by atoms with Gasteiger partial charge in [-0.3, -0.25) is 14.6 Å². The van der Waals surface area contributed by atoms with Crippen molar-refractivity contribution in [2.75, 3.05) is 38.8 Å². The van der Waals surface area contributed by atoms with Crippen molar-refractivity contribution in [3.63, 3.8) is 0 Å². The molecule has 25 heavy (non-hydrogen) atoms. The molecule has 3 rings (SSSR count). The van der Waals surface area contributed by atoms with Crippen LogP contribution in [0.5, 0.6) is 5.75 Å². The smallest absolute Gasteiger partial charge is 0.258 e. The fourth-order valence-corrected chi connectivity index (χ4v) is 2.95. The zero-order valence-electron chi connectivity index (χ0n) is 14.6. The minimum atomic E-state index is -0.505. The van der Waals surface area contributed by atoms with Gasteiger partial charge in [-0.25, -0.2) is 4.98 Å². The van der Waals surface area contributed by atoms with Gasteiger partial charge in [0.2, 0.25) is 0 Å². The fraction of sp³-hybridized carbons (Fsp3) is 0.368. The summed E-state index contributed by atoms with van der Waals surface area (Å²) in [7, 11) is 3.27. The zero-order chi connectivity index (χ0) is 17.6. The summed E-state index contributed by atoms with van der Waals surface area (Å²) in [5.41, 5.74) is 1.23. The number of hydrogen-bond donors (Lipinski definition) is 0. The molecule has 0 spiro atoms. The zero-order valence-corrected chi connectivity index (χ0v) is 14.6. The molecule has 1 fully saturated rings. The van der Waals surface area contributed by atoms with Gasteiger partial charge in [0.05, 0.1) is 13.7 Å². The van der Waals surface area contributed by atoms with Crippen molar-refractivity contribution >= 4 is 11.7 Å². The second kappa shape index (κ2) is 8.09. The maximum Gasteiger partial charge on any atom is 0.258 e. The van der Waals surface area contributed by atoms with Gasteiger partial charge in [-0.1, -0.05) is 30.3 Å². The third-order valence-corrected chi connectivity index (χ3v) is 4.29. The second-order valence-corrected chi connectivity index (χ2v) is 6.01. The third-order valence-electron chi connectivity index (χ3n) is 4.29. The summed E-state index contributed by atoms with van der Waals surface area (Å²) in [5.74, 6) is 0.948. The molecular formula is C19H23N3O3. The number of benzene rings is 1. The summed E-state index contributed by atoms with van der Waals surface area (Å²) in [6.45, 7) is 2.73. The van der Waals surface area contributed by atoms with Crippen LogP contribution < -0.4 is 9.64 Å². The van der Waals surface area contributed by atoms with Crippen LogP contribution in [0.15, 0.2) is 48.7 Å². The SMILES string of the molecule is COc1cccnc1N(C)C(=O)[C@H]1CN(Cc2ccccc2)CCO1. The monoisotopic (exact) mass is 341 g/mol. The number of hydrogen-bond acceptors (Lipinski definition) is 5. The van der Waals surface area contributed by atoms with Crippen LogP contribution in [0, 0.1) is 0 Å². The topological polar surface area (TPSA) is 54.9 Å². The first kappa shape index (κ1) is 17.4. The Balaban J connectivity index is 1.67. The molecule has 132 valence electrons. The number of carbonyl (C=O) groups is 1. The van der Waals surface area contributed by atoms with Crippen LogP contribution >= 0.6 is 0 Å². The van der Waals surface area contributed by atoms with E-state index in [0.29, 0.717) is 24.7 Å². The van der Waals surface area contributed by atoms with Crippen LogP contribution in [-0.2, 0) is 16.1 Å². The van der Waals surface area contributed by atoms with E-state index in [0.717, 1.165) is 13.1 Å². The number of pyridine rings is 1. The Bertz CT molecular complexity index is 708. The van der Waals surface area contributed by atoms with E-state index in [-0.39, 0.29) is 5.91 Å². The number of methoxy groups -OCH3 is 1. The van der Waals surface area contributed by atoms with Crippen LogP contribution in [0.4, 0.5) is 5.82 Å². The van der Waals surface area contributed by atoms with Gasteiger partial charge in [0.1, 0.15) is 6.10 Å². The van der Waals surface area contributed by atoms with Crippen molar-refractivity contribution in [1.82, 2.24) is 9.88 Å². The van der Waals surface area contributed by atoms with Crippen molar-refractivity contribution in [1.29, 1.82) is 0 Å². The Kier molecular flexibility index (Phi) is 5.63. The number of nitrogens with zero attached hydrogens (tertiary/aromatic N) is 3. The lowest BCUT2D eigenvalue weighted by Crippen LogP contribution is -2.50. The highest BCUT2D eigenvalue weighted by atomic mass is 16.5. The Labute approximate surface area is 148 Å². The van der Waals surface area contributed by atoms with Gasteiger partial charge < -0.3 is 9.47 Å². The quantitative estimate of drug-likeness (QED) is 0.832. The number of rotatable bonds is 5.